The third kappa shape index (κ3) is 3.07. The van der Waals surface area contributed by atoms with Crippen LogP contribution in [0.15, 0.2) is 35.8 Å². The van der Waals surface area contributed by atoms with Crippen LogP contribution in [0.3, 0.4) is 0 Å². The molecule has 2 heterocycles. The molecule has 1 N–H and O–H groups in total. The fourth-order valence-electron chi connectivity index (χ4n) is 2.25. The molecule has 0 saturated carbocycles. The standard InChI is InChI=1S/C17H19N3O2S/c1-4-11(2)18-16(21)15-10-23-17-19-14(9-20(15)17)12-5-7-13(22-3)8-6-12/h5-11H,4H2,1-3H3,(H,18,21). The van der Waals surface area contributed by atoms with Gasteiger partial charge in [0.1, 0.15) is 11.4 Å². The van der Waals surface area contributed by atoms with Crippen LogP contribution in [0, 0.1) is 0 Å². The molecule has 0 spiro atoms. The van der Waals surface area contributed by atoms with Crippen molar-refractivity contribution < 1.29 is 9.53 Å². The summed E-state index contributed by atoms with van der Waals surface area (Å²) in [7, 11) is 1.64. The number of fused-ring (bicyclic) bond motifs is 1. The van der Waals surface area contributed by atoms with Crippen LogP contribution >= 0.6 is 11.3 Å². The summed E-state index contributed by atoms with van der Waals surface area (Å²) in [5.74, 6) is 0.743. The van der Waals surface area contributed by atoms with E-state index < -0.39 is 0 Å². The maximum Gasteiger partial charge on any atom is 0.269 e. The molecule has 2 aromatic heterocycles. The van der Waals surface area contributed by atoms with Gasteiger partial charge in [-0.25, -0.2) is 4.98 Å². The number of imidazole rings is 1. The number of methoxy groups -OCH3 is 1. The molecule has 1 aromatic carbocycles. The third-order valence-electron chi connectivity index (χ3n) is 3.82. The Kier molecular flexibility index (Phi) is 4.34. The molecule has 0 aliphatic heterocycles. The number of amides is 1. The van der Waals surface area contributed by atoms with E-state index in [2.05, 4.69) is 10.3 Å². The van der Waals surface area contributed by atoms with E-state index in [4.69, 9.17) is 4.74 Å². The molecule has 3 aromatic rings. The zero-order chi connectivity index (χ0) is 16.4. The topological polar surface area (TPSA) is 55.6 Å². The highest BCUT2D eigenvalue weighted by atomic mass is 32.1. The molecule has 0 bridgehead atoms. The number of rotatable bonds is 5. The lowest BCUT2D eigenvalue weighted by Gasteiger charge is -2.10. The Hall–Kier alpha value is -2.34. The molecule has 6 heteroatoms. The van der Waals surface area contributed by atoms with Gasteiger partial charge < -0.3 is 10.1 Å². The van der Waals surface area contributed by atoms with Crippen LogP contribution in [-0.2, 0) is 0 Å². The highest BCUT2D eigenvalue weighted by molar-refractivity contribution is 7.15. The second kappa shape index (κ2) is 6.42. The Morgan fingerprint density at radius 1 is 1.39 bits per heavy atom. The Labute approximate surface area is 138 Å². The smallest absolute Gasteiger partial charge is 0.269 e. The Bertz CT molecular complexity index is 820. The lowest BCUT2D eigenvalue weighted by molar-refractivity contribution is 0.0933. The van der Waals surface area contributed by atoms with Crippen LogP contribution in [0.1, 0.15) is 30.8 Å². The molecule has 5 nitrogen and oxygen atoms in total. The summed E-state index contributed by atoms with van der Waals surface area (Å²) in [5, 5.41) is 4.84. The van der Waals surface area contributed by atoms with Gasteiger partial charge in [-0.05, 0) is 37.6 Å². The van der Waals surface area contributed by atoms with Crippen molar-refractivity contribution in [2.24, 2.45) is 0 Å². The number of aromatic nitrogens is 2. The van der Waals surface area contributed by atoms with Crippen molar-refractivity contribution in [2.45, 2.75) is 26.3 Å². The molecule has 120 valence electrons. The first-order valence-corrected chi connectivity index (χ1v) is 8.42. The Balaban J connectivity index is 1.91. The van der Waals surface area contributed by atoms with Gasteiger partial charge in [-0.3, -0.25) is 9.20 Å². The van der Waals surface area contributed by atoms with Gasteiger partial charge in [0.2, 0.25) is 0 Å². The quantitative estimate of drug-likeness (QED) is 0.778. The van der Waals surface area contributed by atoms with Crippen molar-refractivity contribution >= 4 is 22.2 Å². The van der Waals surface area contributed by atoms with Gasteiger partial charge in [0.15, 0.2) is 4.96 Å². The molecule has 0 saturated heterocycles. The highest BCUT2D eigenvalue weighted by Gasteiger charge is 2.16. The van der Waals surface area contributed by atoms with Crippen LogP contribution in [0.5, 0.6) is 5.75 Å². The first-order valence-electron chi connectivity index (χ1n) is 7.54. The number of benzene rings is 1. The molecule has 23 heavy (non-hydrogen) atoms. The maximum absolute atomic E-state index is 12.3. The second-order valence-electron chi connectivity index (χ2n) is 5.41. The predicted molar refractivity (Wildman–Crippen MR) is 92.3 cm³/mol. The number of hydrogen-bond acceptors (Lipinski definition) is 4. The van der Waals surface area contributed by atoms with E-state index in [9.17, 15) is 4.79 Å². The van der Waals surface area contributed by atoms with Gasteiger partial charge in [-0.2, -0.15) is 0 Å². The Morgan fingerprint density at radius 3 is 2.78 bits per heavy atom. The molecule has 0 radical (unpaired) electrons. The lowest BCUT2D eigenvalue weighted by atomic mass is 10.2. The lowest BCUT2D eigenvalue weighted by Crippen LogP contribution is -2.32. The van der Waals surface area contributed by atoms with Gasteiger partial charge in [0.05, 0.1) is 12.8 Å². The molecule has 0 aliphatic rings. The minimum Gasteiger partial charge on any atom is -0.497 e. The molecule has 0 aliphatic carbocycles. The van der Waals surface area contributed by atoms with Crippen LogP contribution in [0.2, 0.25) is 0 Å². The summed E-state index contributed by atoms with van der Waals surface area (Å²) in [5.41, 5.74) is 2.46. The van der Waals surface area contributed by atoms with Gasteiger partial charge in [-0.15, -0.1) is 11.3 Å². The van der Waals surface area contributed by atoms with E-state index >= 15 is 0 Å². The molecule has 1 unspecified atom stereocenters. The van der Waals surface area contributed by atoms with Crippen molar-refractivity contribution in [3.8, 4) is 17.0 Å². The molecule has 1 amide bonds. The summed E-state index contributed by atoms with van der Waals surface area (Å²) >= 11 is 1.47. The van der Waals surface area contributed by atoms with Crippen molar-refractivity contribution in [3.05, 3.63) is 41.5 Å². The van der Waals surface area contributed by atoms with E-state index in [0.717, 1.165) is 28.4 Å². The van der Waals surface area contributed by atoms with Crippen molar-refractivity contribution in [1.82, 2.24) is 14.7 Å². The average molecular weight is 329 g/mol. The molecule has 3 rings (SSSR count). The zero-order valence-electron chi connectivity index (χ0n) is 13.4. The van der Waals surface area contributed by atoms with Crippen molar-refractivity contribution in [2.75, 3.05) is 7.11 Å². The SMILES string of the molecule is CCC(C)NC(=O)c1csc2nc(-c3ccc(OC)cc3)cn12. The molecule has 1 atom stereocenters. The van der Waals surface area contributed by atoms with Crippen LogP contribution in [0.4, 0.5) is 0 Å². The summed E-state index contributed by atoms with van der Waals surface area (Å²) < 4.78 is 7.02. The van der Waals surface area contributed by atoms with Gasteiger partial charge in [0.25, 0.3) is 5.91 Å². The van der Waals surface area contributed by atoms with Crippen molar-refractivity contribution in [1.29, 1.82) is 0 Å². The number of nitrogens with zero attached hydrogens (tertiary/aromatic N) is 2. The highest BCUT2D eigenvalue weighted by Crippen LogP contribution is 2.25. The van der Waals surface area contributed by atoms with Crippen LogP contribution in [-0.4, -0.2) is 28.4 Å². The fourth-order valence-corrected chi connectivity index (χ4v) is 3.10. The summed E-state index contributed by atoms with van der Waals surface area (Å²) in [4.78, 5) is 17.8. The van der Waals surface area contributed by atoms with Crippen molar-refractivity contribution in [3.63, 3.8) is 0 Å². The first kappa shape index (κ1) is 15.6. The third-order valence-corrected chi connectivity index (χ3v) is 4.66. The minimum absolute atomic E-state index is 0.0655. The minimum atomic E-state index is -0.0655. The molecular weight excluding hydrogens is 310 g/mol. The fraction of sp³-hybridized carbons (Fsp3) is 0.294. The largest absolute Gasteiger partial charge is 0.497 e. The van der Waals surface area contributed by atoms with Gasteiger partial charge in [-0.1, -0.05) is 6.92 Å². The first-order chi connectivity index (χ1) is 11.1. The van der Waals surface area contributed by atoms with E-state index in [0.29, 0.717) is 5.69 Å². The van der Waals surface area contributed by atoms with E-state index in [1.807, 2.05) is 54.1 Å². The second-order valence-corrected chi connectivity index (χ2v) is 6.25. The number of thiazole rings is 1. The van der Waals surface area contributed by atoms with E-state index in [1.165, 1.54) is 11.3 Å². The molecular formula is C17H19N3O2S. The molecule has 0 fully saturated rings. The van der Waals surface area contributed by atoms with Gasteiger partial charge >= 0.3 is 0 Å². The zero-order valence-corrected chi connectivity index (χ0v) is 14.2. The number of carbonyl (C=O) groups is 1. The normalized spacial score (nSPS) is 12.3. The monoisotopic (exact) mass is 329 g/mol. The number of ether oxygens (including phenoxy) is 1. The van der Waals surface area contributed by atoms with Crippen LogP contribution in [0.25, 0.3) is 16.2 Å². The van der Waals surface area contributed by atoms with Gasteiger partial charge in [0, 0.05) is 23.2 Å². The number of carbonyl (C=O) groups excluding carboxylic acids is 1. The van der Waals surface area contributed by atoms with E-state index in [-0.39, 0.29) is 11.9 Å². The van der Waals surface area contributed by atoms with E-state index in [1.54, 1.807) is 7.11 Å². The average Bonchev–Trinajstić information content (AvgIpc) is 3.15. The number of hydrogen-bond donors (Lipinski definition) is 1. The number of nitrogens with one attached hydrogen (secondary N) is 1. The maximum atomic E-state index is 12.3. The van der Waals surface area contributed by atoms with Crippen LogP contribution < -0.4 is 10.1 Å². The summed E-state index contributed by atoms with van der Waals surface area (Å²) in [6.07, 6.45) is 2.80. The summed E-state index contributed by atoms with van der Waals surface area (Å²) in [6.45, 7) is 4.05. The summed E-state index contributed by atoms with van der Waals surface area (Å²) in [6, 6.07) is 7.88. The predicted octanol–water partition coefficient (Wildman–Crippen LogP) is 3.60. The Morgan fingerprint density at radius 2 is 2.13 bits per heavy atom.